The fraction of sp³-hybridized carbons (Fsp3) is 0.130. The van der Waals surface area contributed by atoms with Crippen molar-refractivity contribution in [2.24, 2.45) is 0 Å². The molecule has 0 aliphatic rings. The summed E-state index contributed by atoms with van der Waals surface area (Å²) < 4.78 is 47.0. The predicted molar refractivity (Wildman–Crippen MR) is 117 cm³/mol. The number of rotatable bonds is 8. The molecule has 0 saturated heterocycles. The van der Waals surface area contributed by atoms with Crippen LogP contribution in [-0.4, -0.2) is 23.9 Å². The number of alkyl halides is 2. The maximum absolute atomic E-state index is 12.5. The fourth-order valence-corrected chi connectivity index (χ4v) is 3.32. The Hall–Kier alpha value is -3.46. The molecule has 0 fully saturated rings. The maximum atomic E-state index is 12.5. The van der Waals surface area contributed by atoms with Gasteiger partial charge in [-0.05, 0) is 64.0 Å². The Morgan fingerprint density at radius 1 is 0.875 bits per heavy atom. The van der Waals surface area contributed by atoms with Crippen LogP contribution in [0.4, 0.5) is 8.78 Å². The van der Waals surface area contributed by atoms with E-state index in [2.05, 4.69) is 30.9 Å². The van der Waals surface area contributed by atoms with E-state index in [4.69, 9.17) is 13.9 Å². The summed E-state index contributed by atoms with van der Waals surface area (Å²) in [5.74, 6) is 1.37. The first-order valence-corrected chi connectivity index (χ1v) is 10.3. The summed E-state index contributed by atoms with van der Waals surface area (Å²) in [6.07, 6.45) is 0. The van der Waals surface area contributed by atoms with Gasteiger partial charge in [0.25, 0.3) is 0 Å². The van der Waals surface area contributed by atoms with Gasteiger partial charge in [-0.25, -0.2) is 0 Å². The Bertz CT molecular complexity index is 1200. The lowest BCUT2D eigenvalue weighted by molar-refractivity contribution is -0.0512. The summed E-state index contributed by atoms with van der Waals surface area (Å²) >= 11 is 3.46. The molecule has 0 unspecified atom stereocenters. The number of ether oxygens (including phenoxy) is 3. The summed E-state index contributed by atoms with van der Waals surface area (Å²) in [4.78, 5) is 0. The summed E-state index contributed by atoms with van der Waals surface area (Å²) in [5.41, 5.74) is 2.22. The number of methoxy groups -OCH3 is 1. The molecule has 1 heterocycles. The molecule has 0 N–H and O–H groups in total. The largest absolute Gasteiger partial charge is 0.493 e. The van der Waals surface area contributed by atoms with E-state index in [1.807, 2.05) is 48.5 Å². The number of benzene rings is 3. The quantitative estimate of drug-likeness (QED) is 0.279. The first-order valence-electron chi connectivity index (χ1n) is 9.47. The van der Waals surface area contributed by atoms with Crippen LogP contribution in [0.25, 0.3) is 22.9 Å². The van der Waals surface area contributed by atoms with Crippen LogP contribution in [0.1, 0.15) is 5.56 Å². The third-order valence-electron chi connectivity index (χ3n) is 4.48. The van der Waals surface area contributed by atoms with Gasteiger partial charge >= 0.3 is 6.61 Å². The number of nitrogens with zero attached hydrogens (tertiary/aromatic N) is 2. The zero-order chi connectivity index (χ0) is 22.5. The van der Waals surface area contributed by atoms with Crippen LogP contribution < -0.4 is 14.2 Å². The number of para-hydroxylation sites is 1. The maximum Gasteiger partial charge on any atom is 0.387 e. The van der Waals surface area contributed by atoms with Crippen LogP contribution in [0.3, 0.4) is 0 Å². The van der Waals surface area contributed by atoms with E-state index >= 15 is 0 Å². The smallest absolute Gasteiger partial charge is 0.387 e. The van der Waals surface area contributed by atoms with Gasteiger partial charge in [0, 0.05) is 11.1 Å². The molecule has 0 aliphatic heterocycles. The lowest BCUT2D eigenvalue weighted by Crippen LogP contribution is -2.03. The Morgan fingerprint density at radius 2 is 1.56 bits per heavy atom. The Labute approximate surface area is 190 Å². The minimum absolute atomic E-state index is 0.0775. The fourth-order valence-electron chi connectivity index (χ4n) is 2.92. The first-order chi connectivity index (χ1) is 15.5. The van der Waals surface area contributed by atoms with Gasteiger partial charge in [-0.3, -0.25) is 0 Å². The van der Waals surface area contributed by atoms with Gasteiger partial charge in [-0.15, -0.1) is 10.2 Å². The molecule has 0 bridgehead atoms. The van der Waals surface area contributed by atoms with Crippen molar-refractivity contribution < 1.29 is 27.4 Å². The van der Waals surface area contributed by atoms with Crippen LogP contribution in [0, 0.1) is 0 Å². The van der Waals surface area contributed by atoms with Gasteiger partial charge in [0.05, 0.1) is 11.6 Å². The first kappa shape index (κ1) is 21.8. The minimum atomic E-state index is -2.95. The normalized spacial score (nSPS) is 10.9. The molecule has 0 saturated carbocycles. The molecule has 6 nitrogen and oxygen atoms in total. The van der Waals surface area contributed by atoms with Crippen molar-refractivity contribution in [1.82, 2.24) is 10.2 Å². The molecule has 9 heteroatoms. The van der Waals surface area contributed by atoms with Crippen LogP contribution in [-0.2, 0) is 6.61 Å². The lowest BCUT2D eigenvalue weighted by Gasteiger charge is -2.10. The van der Waals surface area contributed by atoms with Gasteiger partial charge in [0.2, 0.25) is 11.8 Å². The van der Waals surface area contributed by atoms with E-state index in [9.17, 15) is 8.78 Å². The average Bonchev–Trinajstić information content (AvgIpc) is 3.29. The van der Waals surface area contributed by atoms with E-state index in [0.29, 0.717) is 18.1 Å². The second-order valence-electron chi connectivity index (χ2n) is 6.57. The number of hydrogen-bond donors (Lipinski definition) is 0. The Balaban J connectivity index is 1.47. The van der Waals surface area contributed by atoms with Gasteiger partial charge < -0.3 is 18.6 Å². The van der Waals surface area contributed by atoms with Crippen LogP contribution in [0.15, 0.2) is 75.6 Å². The minimum Gasteiger partial charge on any atom is -0.493 e. The molecule has 1 aromatic heterocycles. The third-order valence-corrected chi connectivity index (χ3v) is 5.14. The van der Waals surface area contributed by atoms with Gasteiger partial charge in [-0.1, -0.05) is 24.3 Å². The van der Waals surface area contributed by atoms with Crippen molar-refractivity contribution in [3.8, 4) is 40.2 Å². The molecular formula is C23H17BrF2N2O4. The molecule has 0 atom stereocenters. The van der Waals surface area contributed by atoms with Crippen molar-refractivity contribution in [3.63, 3.8) is 0 Å². The van der Waals surface area contributed by atoms with Crippen molar-refractivity contribution in [3.05, 3.63) is 76.8 Å². The van der Waals surface area contributed by atoms with E-state index in [1.165, 1.54) is 19.2 Å². The molecule has 0 radical (unpaired) electrons. The highest BCUT2D eigenvalue weighted by Crippen LogP contribution is 2.34. The zero-order valence-electron chi connectivity index (χ0n) is 16.8. The Morgan fingerprint density at radius 3 is 2.25 bits per heavy atom. The molecule has 0 amide bonds. The summed E-state index contributed by atoms with van der Waals surface area (Å²) in [6.45, 7) is -2.54. The predicted octanol–water partition coefficient (Wildman–Crippen LogP) is 6.36. The van der Waals surface area contributed by atoms with Gasteiger partial charge in [-0.2, -0.15) is 8.78 Å². The highest BCUT2D eigenvalue weighted by atomic mass is 79.9. The van der Waals surface area contributed by atoms with Crippen LogP contribution >= 0.6 is 15.9 Å². The molecule has 4 rings (SSSR count). The van der Waals surface area contributed by atoms with Crippen LogP contribution in [0.5, 0.6) is 17.2 Å². The monoisotopic (exact) mass is 502 g/mol. The molecule has 3 aromatic carbocycles. The molecule has 0 spiro atoms. The van der Waals surface area contributed by atoms with Gasteiger partial charge in [0.1, 0.15) is 12.4 Å². The second-order valence-corrected chi connectivity index (χ2v) is 7.43. The number of aromatic nitrogens is 2. The highest BCUT2D eigenvalue weighted by Gasteiger charge is 2.15. The summed E-state index contributed by atoms with van der Waals surface area (Å²) in [6, 6.07) is 19.6. The second kappa shape index (κ2) is 9.78. The van der Waals surface area contributed by atoms with Crippen molar-refractivity contribution in [1.29, 1.82) is 0 Å². The van der Waals surface area contributed by atoms with E-state index in [1.54, 1.807) is 6.07 Å². The molecule has 164 valence electrons. The topological polar surface area (TPSA) is 66.6 Å². The van der Waals surface area contributed by atoms with Crippen molar-refractivity contribution >= 4 is 15.9 Å². The Kier molecular flexibility index (Phi) is 6.65. The van der Waals surface area contributed by atoms with Crippen molar-refractivity contribution in [2.45, 2.75) is 13.2 Å². The van der Waals surface area contributed by atoms with E-state index in [0.717, 1.165) is 21.3 Å². The molecular weight excluding hydrogens is 486 g/mol. The highest BCUT2D eigenvalue weighted by molar-refractivity contribution is 9.10. The third kappa shape index (κ3) is 5.05. The summed E-state index contributed by atoms with van der Waals surface area (Å²) in [7, 11) is 1.36. The zero-order valence-corrected chi connectivity index (χ0v) is 18.4. The van der Waals surface area contributed by atoms with Crippen LogP contribution in [0.2, 0.25) is 0 Å². The van der Waals surface area contributed by atoms with Crippen molar-refractivity contribution in [2.75, 3.05) is 7.11 Å². The number of halogens is 3. The summed E-state index contributed by atoms with van der Waals surface area (Å²) in [5, 5.41) is 8.12. The standard InChI is InChI=1S/C23H17BrF2N2O4/c1-29-20-12-16(10-11-19(20)31-23(25)26)22-28-27-21(32-22)15-8-6-14(7-9-15)13-30-18-5-3-2-4-17(18)24/h2-12,23H,13H2,1H3. The average molecular weight is 503 g/mol. The van der Waals surface area contributed by atoms with Gasteiger partial charge in [0.15, 0.2) is 11.5 Å². The molecule has 4 aromatic rings. The SMILES string of the molecule is COc1cc(-c2nnc(-c3ccc(COc4ccccc4Br)cc3)o2)ccc1OC(F)F. The van der Waals surface area contributed by atoms with E-state index < -0.39 is 6.61 Å². The molecule has 0 aliphatic carbocycles. The number of hydrogen-bond acceptors (Lipinski definition) is 6. The lowest BCUT2D eigenvalue weighted by atomic mass is 10.1. The van der Waals surface area contributed by atoms with E-state index in [-0.39, 0.29) is 17.4 Å². The molecule has 32 heavy (non-hydrogen) atoms.